The van der Waals surface area contributed by atoms with Gasteiger partial charge in [-0.15, -0.1) is 0 Å². The zero-order valence-corrected chi connectivity index (χ0v) is 21.9. The predicted molar refractivity (Wildman–Crippen MR) is 139 cm³/mol. The van der Waals surface area contributed by atoms with E-state index in [9.17, 15) is 9.36 Å². The monoisotopic (exact) mass is 487 g/mol. The summed E-state index contributed by atoms with van der Waals surface area (Å²) in [6.07, 6.45) is 13.4. The number of benzene rings is 2. The zero-order chi connectivity index (χ0) is 24.6. The number of ether oxygens (including phenoxy) is 3. The Bertz CT molecular complexity index is 857. The van der Waals surface area contributed by atoms with Crippen LogP contribution in [0.3, 0.4) is 0 Å². The van der Waals surface area contributed by atoms with E-state index in [-0.39, 0.29) is 5.56 Å². The van der Waals surface area contributed by atoms with Gasteiger partial charge in [0, 0.05) is 12.1 Å². The number of carbonyl (C=O) groups excluding carboxylic acids is 1. The number of hydrogen-bond donors (Lipinski definition) is 0. The molecule has 186 valence electrons. The molecule has 6 heteroatoms. The van der Waals surface area contributed by atoms with Gasteiger partial charge in [0.15, 0.2) is 11.7 Å². The molecule has 0 aliphatic carbocycles. The lowest BCUT2D eigenvalue weighted by Crippen LogP contribution is -2.04. The van der Waals surface area contributed by atoms with E-state index < -0.39 is 13.3 Å². The first-order valence-electron chi connectivity index (χ1n) is 12.4. The molecule has 1 atom stereocenters. The summed E-state index contributed by atoms with van der Waals surface area (Å²) in [5.41, 5.74) is 1.25. The van der Waals surface area contributed by atoms with Crippen LogP contribution in [0, 0.1) is 0 Å². The van der Waals surface area contributed by atoms with E-state index in [2.05, 4.69) is 30.3 Å². The Morgan fingerprint density at radius 3 is 1.71 bits per heavy atom. The SMILES string of the molecule is COc1cc(OC)c(C(=O)[P+](=O)CCCCCCCCCCCCc2ccccc2)c(OC)c1. The van der Waals surface area contributed by atoms with Gasteiger partial charge in [0.05, 0.1) is 21.3 Å². The second-order valence-electron chi connectivity index (χ2n) is 8.59. The summed E-state index contributed by atoms with van der Waals surface area (Å²) >= 11 is 0. The standard InChI is InChI=1S/C28H40O5P/c1-31-24-21-25(32-2)27(26(22-24)33-3)28(29)34(30)20-16-11-9-7-5-4-6-8-10-13-17-23-18-14-12-15-19-23/h12,14-15,18-19,21-22H,4-11,13,16-17,20H2,1-3H3/q+1. The topological polar surface area (TPSA) is 61.8 Å². The van der Waals surface area contributed by atoms with Gasteiger partial charge < -0.3 is 14.2 Å². The normalized spacial score (nSPS) is 11.2. The highest BCUT2D eigenvalue weighted by atomic mass is 31.1. The van der Waals surface area contributed by atoms with Gasteiger partial charge >= 0.3 is 13.3 Å². The fraction of sp³-hybridized carbons (Fsp3) is 0.536. The first kappa shape index (κ1) is 27.9. The van der Waals surface area contributed by atoms with Crippen molar-refractivity contribution >= 4 is 13.3 Å². The van der Waals surface area contributed by atoms with Gasteiger partial charge in [-0.2, -0.15) is 0 Å². The highest BCUT2D eigenvalue weighted by molar-refractivity contribution is 7.64. The average molecular weight is 488 g/mol. The highest BCUT2D eigenvalue weighted by Gasteiger charge is 2.35. The molecule has 0 aliphatic rings. The third-order valence-corrected chi connectivity index (χ3v) is 7.47. The molecular formula is C28H40O5P+. The van der Waals surface area contributed by atoms with Gasteiger partial charge in [-0.25, -0.2) is 4.79 Å². The highest BCUT2D eigenvalue weighted by Crippen LogP contribution is 2.40. The van der Waals surface area contributed by atoms with Crippen LogP contribution in [-0.4, -0.2) is 33.0 Å². The largest absolute Gasteiger partial charge is 0.496 e. The number of aryl methyl sites for hydroxylation is 1. The average Bonchev–Trinajstić information content (AvgIpc) is 2.88. The second kappa shape index (κ2) is 16.3. The Morgan fingerprint density at radius 2 is 1.21 bits per heavy atom. The molecule has 2 aromatic carbocycles. The zero-order valence-electron chi connectivity index (χ0n) is 21.0. The fourth-order valence-electron chi connectivity index (χ4n) is 4.09. The number of methoxy groups -OCH3 is 3. The molecule has 2 aromatic rings. The van der Waals surface area contributed by atoms with E-state index in [1.165, 1.54) is 78.3 Å². The van der Waals surface area contributed by atoms with Crippen LogP contribution in [0.15, 0.2) is 42.5 Å². The van der Waals surface area contributed by atoms with E-state index >= 15 is 0 Å². The first-order chi connectivity index (χ1) is 16.6. The van der Waals surface area contributed by atoms with Crippen molar-refractivity contribution in [2.75, 3.05) is 27.5 Å². The van der Waals surface area contributed by atoms with Crippen LogP contribution in [0.1, 0.15) is 80.1 Å². The molecule has 5 nitrogen and oxygen atoms in total. The van der Waals surface area contributed by atoms with Gasteiger partial charge in [0.25, 0.3) is 0 Å². The Kier molecular flexibility index (Phi) is 13.3. The molecule has 0 aromatic heterocycles. The van der Waals surface area contributed by atoms with E-state index in [0.29, 0.717) is 23.4 Å². The quantitative estimate of drug-likeness (QED) is 0.158. The van der Waals surface area contributed by atoms with Crippen molar-refractivity contribution in [3.63, 3.8) is 0 Å². The van der Waals surface area contributed by atoms with E-state index in [1.807, 2.05) is 0 Å². The molecule has 2 rings (SSSR count). The van der Waals surface area contributed by atoms with Crippen molar-refractivity contribution < 1.29 is 23.6 Å². The van der Waals surface area contributed by atoms with Crippen molar-refractivity contribution in [3.05, 3.63) is 53.6 Å². The van der Waals surface area contributed by atoms with Crippen molar-refractivity contribution in [2.45, 2.75) is 70.6 Å². The number of rotatable bonds is 18. The van der Waals surface area contributed by atoms with Crippen LogP contribution in [-0.2, 0) is 11.0 Å². The summed E-state index contributed by atoms with van der Waals surface area (Å²) in [4.78, 5) is 12.8. The molecule has 34 heavy (non-hydrogen) atoms. The second-order valence-corrected chi connectivity index (χ2v) is 10.2. The summed E-state index contributed by atoms with van der Waals surface area (Å²) in [6, 6.07) is 13.9. The molecule has 0 aliphatic heterocycles. The fourth-order valence-corrected chi connectivity index (χ4v) is 5.27. The molecular weight excluding hydrogens is 447 g/mol. The van der Waals surface area contributed by atoms with Gasteiger partial charge in [0.2, 0.25) is 0 Å². The molecule has 1 unspecified atom stereocenters. The number of carbonyl (C=O) groups is 1. The molecule has 0 spiro atoms. The van der Waals surface area contributed by atoms with Crippen molar-refractivity contribution in [1.29, 1.82) is 0 Å². The Labute approximate surface area is 206 Å². The maximum atomic E-state index is 12.8. The minimum atomic E-state index is -2.02. The Balaban J connectivity index is 1.56. The van der Waals surface area contributed by atoms with E-state index in [1.54, 1.807) is 12.1 Å². The summed E-state index contributed by atoms with van der Waals surface area (Å²) in [5.74, 6) is 1.17. The third kappa shape index (κ3) is 9.46. The predicted octanol–water partition coefficient (Wildman–Crippen LogP) is 7.82. The van der Waals surface area contributed by atoms with E-state index in [4.69, 9.17) is 14.2 Å². The van der Waals surface area contributed by atoms with Gasteiger partial charge in [-0.3, -0.25) is 0 Å². The maximum absolute atomic E-state index is 12.8. The number of unbranched alkanes of at least 4 members (excludes halogenated alkanes) is 9. The minimum absolute atomic E-state index is 0.232. The van der Waals surface area contributed by atoms with Gasteiger partial charge in [-0.05, 0) is 31.2 Å². The molecule has 0 saturated heterocycles. The lowest BCUT2D eigenvalue weighted by Gasteiger charge is -2.11. The summed E-state index contributed by atoms with van der Waals surface area (Å²) < 4.78 is 28.5. The summed E-state index contributed by atoms with van der Waals surface area (Å²) in [7, 11) is 2.46. The summed E-state index contributed by atoms with van der Waals surface area (Å²) in [6.45, 7) is 0. The van der Waals surface area contributed by atoms with Gasteiger partial charge in [-0.1, -0.05) is 79.8 Å². The molecule has 0 fully saturated rings. The Hall–Kier alpha value is -2.39. The van der Waals surface area contributed by atoms with Crippen LogP contribution in [0.25, 0.3) is 0 Å². The first-order valence-corrected chi connectivity index (χ1v) is 13.9. The molecule has 0 saturated carbocycles. The van der Waals surface area contributed by atoms with Crippen molar-refractivity contribution in [1.82, 2.24) is 0 Å². The van der Waals surface area contributed by atoms with Crippen molar-refractivity contribution in [2.24, 2.45) is 0 Å². The smallest absolute Gasteiger partial charge is 0.420 e. The lowest BCUT2D eigenvalue weighted by molar-refractivity contribution is 0.107. The molecule has 0 radical (unpaired) electrons. The Morgan fingerprint density at radius 1 is 0.706 bits per heavy atom. The number of hydrogen-bond acceptors (Lipinski definition) is 5. The molecule has 0 heterocycles. The molecule has 0 amide bonds. The maximum Gasteiger partial charge on any atom is 0.420 e. The van der Waals surface area contributed by atoms with Gasteiger partial charge in [0.1, 0.15) is 17.2 Å². The third-order valence-electron chi connectivity index (χ3n) is 6.07. The van der Waals surface area contributed by atoms with Crippen LogP contribution in [0.5, 0.6) is 17.2 Å². The van der Waals surface area contributed by atoms with Crippen LogP contribution < -0.4 is 14.2 Å². The van der Waals surface area contributed by atoms with Crippen LogP contribution in [0.4, 0.5) is 0 Å². The molecule has 0 N–H and O–H groups in total. The van der Waals surface area contributed by atoms with Crippen LogP contribution in [0.2, 0.25) is 0 Å². The minimum Gasteiger partial charge on any atom is -0.496 e. The summed E-state index contributed by atoms with van der Waals surface area (Å²) in [5, 5.41) is 0. The van der Waals surface area contributed by atoms with Crippen molar-refractivity contribution in [3.8, 4) is 17.2 Å². The molecule has 0 bridgehead atoms. The lowest BCUT2D eigenvalue weighted by atomic mass is 10.0. The van der Waals surface area contributed by atoms with Crippen LogP contribution >= 0.6 is 7.80 Å². The van der Waals surface area contributed by atoms with E-state index in [0.717, 1.165) is 19.3 Å².